The summed E-state index contributed by atoms with van der Waals surface area (Å²) < 4.78 is 10.5. The average Bonchev–Trinajstić information content (AvgIpc) is 2.73. The number of rotatable bonds is 9. The Hall–Kier alpha value is -3.86. The highest BCUT2D eigenvalue weighted by Gasteiger charge is 2.19. The molecule has 0 atom stereocenters. The number of nitro groups is 1. The number of unbranched alkanes of at least 4 members (excludes halogenated alkanes) is 1. The minimum absolute atomic E-state index is 0.0263. The number of carbonyl (C=O) groups is 1. The third-order valence-corrected chi connectivity index (χ3v) is 3.97. The molecule has 0 aliphatic heterocycles. The molecule has 8 nitrogen and oxygen atoms in total. The van der Waals surface area contributed by atoms with Crippen LogP contribution in [0.1, 0.15) is 25.3 Å². The third-order valence-electron chi connectivity index (χ3n) is 3.97. The van der Waals surface area contributed by atoms with Crippen molar-refractivity contribution in [3.8, 4) is 17.6 Å². The van der Waals surface area contributed by atoms with Gasteiger partial charge in [0, 0.05) is 0 Å². The predicted octanol–water partition coefficient (Wildman–Crippen LogP) is 4.33. The number of hydrogen-bond acceptors (Lipinski definition) is 6. The summed E-state index contributed by atoms with van der Waals surface area (Å²) in [6, 6.07) is 12.8. The van der Waals surface area contributed by atoms with E-state index in [0.717, 1.165) is 12.8 Å². The van der Waals surface area contributed by atoms with Crippen LogP contribution in [0.15, 0.2) is 48.0 Å². The smallest absolute Gasteiger partial charge is 0.296 e. The first-order valence-electron chi connectivity index (χ1n) is 8.97. The number of hydrogen-bond donors (Lipinski definition) is 1. The first-order valence-corrected chi connectivity index (χ1v) is 8.97. The van der Waals surface area contributed by atoms with Crippen molar-refractivity contribution >= 4 is 23.4 Å². The van der Waals surface area contributed by atoms with Crippen molar-refractivity contribution in [1.29, 1.82) is 5.26 Å². The maximum absolute atomic E-state index is 12.4. The molecule has 8 heteroatoms. The average molecular weight is 395 g/mol. The molecule has 2 aromatic carbocycles. The zero-order chi connectivity index (χ0) is 21.2. The van der Waals surface area contributed by atoms with Crippen LogP contribution in [0.2, 0.25) is 0 Å². The van der Waals surface area contributed by atoms with Crippen molar-refractivity contribution in [2.75, 3.05) is 19.0 Å². The van der Waals surface area contributed by atoms with E-state index in [9.17, 15) is 20.2 Å². The normalized spacial score (nSPS) is 10.7. The summed E-state index contributed by atoms with van der Waals surface area (Å²) >= 11 is 0. The molecule has 0 radical (unpaired) electrons. The minimum atomic E-state index is -0.746. The van der Waals surface area contributed by atoms with Crippen LogP contribution in [0.25, 0.3) is 6.08 Å². The number of nitriles is 1. The molecular formula is C21H21N3O5. The molecule has 2 aromatic rings. The Kier molecular flexibility index (Phi) is 7.74. The number of nitrogens with one attached hydrogen (secondary N) is 1. The molecule has 0 aliphatic rings. The maximum Gasteiger partial charge on any atom is 0.296 e. The Morgan fingerprint density at radius 2 is 1.93 bits per heavy atom. The lowest BCUT2D eigenvalue weighted by atomic mass is 10.1. The Labute approximate surface area is 168 Å². The lowest BCUT2D eigenvalue weighted by Gasteiger charge is -2.07. The second kappa shape index (κ2) is 10.5. The van der Waals surface area contributed by atoms with E-state index in [1.54, 1.807) is 24.3 Å². The van der Waals surface area contributed by atoms with Gasteiger partial charge in [0.05, 0.1) is 24.7 Å². The van der Waals surface area contributed by atoms with Gasteiger partial charge in [-0.05, 0) is 42.3 Å². The predicted molar refractivity (Wildman–Crippen MR) is 109 cm³/mol. The highest BCUT2D eigenvalue weighted by atomic mass is 16.6. The zero-order valence-electron chi connectivity index (χ0n) is 16.2. The fraction of sp³-hybridized carbons (Fsp3) is 0.238. The first-order chi connectivity index (χ1) is 14.0. The van der Waals surface area contributed by atoms with E-state index in [4.69, 9.17) is 9.47 Å². The summed E-state index contributed by atoms with van der Waals surface area (Å²) in [6.07, 6.45) is 3.40. The number of nitrogens with zero attached hydrogens (tertiary/aromatic N) is 2. The molecule has 0 saturated carbocycles. The molecule has 0 unspecified atom stereocenters. The monoisotopic (exact) mass is 395 g/mol. The van der Waals surface area contributed by atoms with E-state index in [-0.39, 0.29) is 22.7 Å². The van der Waals surface area contributed by atoms with Crippen molar-refractivity contribution in [1.82, 2.24) is 0 Å². The lowest BCUT2D eigenvalue weighted by Crippen LogP contribution is -2.14. The minimum Gasteiger partial charge on any atom is -0.496 e. The largest absolute Gasteiger partial charge is 0.496 e. The molecule has 0 fully saturated rings. The number of benzene rings is 2. The molecule has 2 rings (SSSR count). The second-order valence-corrected chi connectivity index (χ2v) is 6.04. The zero-order valence-corrected chi connectivity index (χ0v) is 16.2. The number of ether oxygens (including phenoxy) is 2. The van der Waals surface area contributed by atoms with Gasteiger partial charge in [0.15, 0.2) is 0 Å². The highest BCUT2D eigenvalue weighted by molar-refractivity contribution is 6.10. The van der Waals surface area contributed by atoms with Crippen molar-refractivity contribution in [2.45, 2.75) is 19.8 Å². The van der Waals surface area contributed by atoms with Crippen molar-refractivity contribution in [2.24, 2.45) is 0 Å². The molecule has 0 spiro atoms. The molecule has 0 aliphatic carbocycles. The van der Waals surface area contributed by atoms with Gasteiger partial charge >= 0.3 is 0 Å². The van der Waals surface area contributed by atoms with E-state index < -0.39 is 10.8 Å². The summed E-state index contributed by atoms with van der Waals surface area (Å²) in [5.41, 5.74) is 0.0868. The van der Waals surface area contributed by atoms with Crippen LogP contribution in [0.5, 0.6) is 11.5 Å². The van der Waals surface area contributed by atoms with Crippen LogP contribution < -0.4 is 14.8 Å². The van der Waals surface area contributed by atoms with Crippen molar-refractivity contribution in [3.63, 3.8) is 0 Å². The van der Waals surface area contributed by atoms with Crippen LogP contribution in [-0.4, -0.2) is 24.5 Å². The van der Waals surface area contributed by atoms with Crippen LogP contribution in [0, 0.1) is 21.4 Å². The summed E-state index contributed by atoms with van der Waals surface area (Å²) in [6.45, 7) is 2.70. The lowest BCUT2D eigenvalue weighted by molar-refractivity contribution is -0.384. The summed E-state index contributed by atoms with van der Waals surface area (Å²) in [7, 11) is 1.38. The van der Waals surface area contributed by atoms with Gasteiger partial charge in [-0.15, -0.1) is 0 Å². The molecule has 0 aromatic heterocycles. The maximum atomic E-state index is 12.4. The van der Waals surface area contributed by atoms with E-state index in [0.29, 0.717) is 17.9 Å². The number of amides is 1. The van der Waals surface area contributed by atoms with E-state index >= 15 is 0 Å². The van der Waals surface area contributed by atoms with Gasteiger partial charge < -0.3 is 14.8 Å². The fourth-order valence-electron chi connectivity index (χ4n) is 2.39. The Balaban J connectivity index is 2.17. The molecule has 1 amide bonds. The summed E-state index contributed by atoms with van der Waals surface area (Å²) in [5, 5.41) is 23.0. The fourth-order valence-corrected chi connectivity index (χ4v) is 2.39. The topological polar surface area (TPSA) is 114 Å². The Bertz CT molecular complexity index is 946. The summed E-state index contributed by atoms with van der Waals surface area (Å²) in [5.74, 6) is 0.239. The highest BCUT2D eigenvalue weighted by Crippen LogP contribution is 2.29. The molecule has 29 heavy (non-hydrogen) atoms. The van der Waals surface area contributed by atoms with Crippen LogP contribution in [0.3, 0.4) is 0 Å². The second-order valence-electron chi connectivity index (χ2n) is 6.04. The molecule has 1 N–H and O–H groups in total. The van der Waals surface area contributed by atoms with E-state index in [1.165, 1.54) is 31.4 Å². The van der Waals surface area contributed by atoms with Crippen molar-refractivity contribution < 1.29 is 19.2 Å². The molecular weight excluding hydrogens is 374 g/mol. The number of carbonyl (C=O) groups excluding carboxylic acids is 1. The van der Waals surface area contributed by atoms with Gasteiger partial charge in [0.25, 0.3) is 11.6 Å². The third kappa shape index (κ3) is 6.07. The quantitative estimate of drug-likeness (QED) is 0.222. The Morgan fingerprint density at radius 1 is 1.24 bits per heavy atom. The number of methoxy groups -OCH3 is 1. The van der Waals surface area contributed by atoms with Crippen LogP contribution in [-0.2, 0) is 4.79 Å². The summed E-state index contributed by atoms with van der Waals surface area (Å²) in [4.78, 5) is 23.0. The Morgan fingerprint density at radius 3 is 2.52 bits per heavy atom. The van der Waals surface area contributed by atoms with Crippen LogP contribution >= 0.6 is 0 Å². The van der Waals surface area contributed by atoms with Gasteiger partial charge in [-0.1, -0.05) is 25.5 Å². The number of anilines is 1. The van der Waals surface area contributed by atoms with Gasteiger partial charge in [-0.25, -0.2) is 0 Å². The standard InChI is InChI=1S/C21H21N3O5/c1-3-4-11-29-17-7-5-15(6-8-17)12-16(14-22)21(25)23-19-10-9-18(28-2)13-20(19)24(26)27/h5-10,12-13H,3-4,11H2,1-2H3,(H,23,25)/b16-12+. The molecule has 0 saturated heterocycles. The van der Waals surface area contributed by atoms with E-state index in [1.807, 2.05) is 6.07 Å². The van der Waals surface area contributed by atoms with Gasteiger partial charge in [0.1, 0.15) is 28.8 Å². The molecule has 0 bridgehead atoms. The van der Waals surface area contributed by atoms with Gasteiger partial charge in [-0.2, -0.15) is 5.26 Å². The first kappa shape index (κ1) is 21.4. The molecule has 150 valence electrons. The van der Waals surface area contributed by atoms with Gasteiger partial charge in [-0.3, -0.25) is 14.9 Å². The molecule has 0 heterocycles. The van der Waals surface area contributed by atoms with E-state index in [2.05, 4.69) is 12.2 Å². The SMILES string of the molecule is CCCCOc1ccc(/C=C(\C#N)C(=O)Nc2ccc(OC)cc2[N+](=O)[O-])cc1. The van der Waals surface area contributed by atoms with Crippen molar-refractivity contribution in [3.05, 3.63) is 63.7 Å². The number of nitro benzene ring substituents is 1. The van der Waals surface area contributed by atoms with Gasteiger partial charge in [0.2, 0.25) is 0 Å². The van der Waals surface area contributed by atoms with Crippen LogP contribution in [0.4, 0.5) is 11.4 Å².